The predicted molar refractivity (Wildman–Crippen MR) is 138 cm³/mol. The lowest BCUT2D eigenvalue weighted by Crippen LogP contribution is -2.37. The van der Waals surface area contributed by atoms with Gasteiger partial charge in [-0.2, -0.15) is 0 Å². The maximum Gasteiger partial charge on any atom is 0.327 e. The number of Topliss-reactive ketones (excluding diaryl/α,β-unsaturated/α-hetero) is 1. The summed E-state index contributed by atoms with van der Waals surface area (Å²) < 4.78 is 1.78. The number of nitrogens with one attached hydrogen (secondary N) is 2. The van der Waals surface area contributed by atoms with E-state index in [9.17, 15) is 9.59 Å². The van der Waals surface area contributed by atoms with Gasteiger partial charge in [0.1, 0.15) is 5.78 Å². The highest BCUT2D eigenvalue weighted by Gasteiger charge is 2.25. The van der Waals surface area contributed by atoms with Crippen LogP contribution in [0.1, 0.15) is 37.3 Å². The number of ketones is 1. The van der Waals surface area contributed by atoms with Crippen LogP contribution in [0.2, 0.25) is 0 Å². The molecule has 0 spiro atoms. The maximum absolute atomic E-state index is 12.5. The molecule has 10 heteroatoms. The number of amidine groups is 1. The number of hydrogen-bond acceptors (Lipinski definition) is 7. The van der Waals surface area contributed by atoms with Gasteiger partial charge >= 0.3 is 5.69 Å². The molecule has 5 rings (SSSR count). The number of aromatic nitrogens is 5. The van der Waals surface area contributed by atoms with E-state index in [1.54, 1.807) is 10.8 Å². The van der Waals surface area contributed by atoms with Gasteiger partial charge in [-0.1, -0.05) is 24.3 Å². The van der Waals surface area contributed by atoms with Gasteiger partial charge in [0, 0.05) is 49.7 Å². The van der Waals surface area contributed by atoms with Crippen molar-refractivity contribution >= 4 is 28.7 Å². The fourth-order valence-electron chi connectivity index (χ4n) is 4.75. The first-order valence-electron chi connectivity index (χ1n) is 12.0. The van der Waals surface area contributed by atoms with Gasteiger partial charge in [-0.05, 0) is 42.5 Å². The van der Waals surface area contributed by atoms with E-state index >= 15 is 0 Å². The van der Waals surface area contributed by atoms with Crippen molar-refractivity contribution in [1.82, 2.24) is 24.5 Å². The van der Waals surface area contributed by atoms with Crippen molar-refractivity contribution < 1.29 is 4.79 Å². The first-order valence-corrected chi connectivity index (χ1v) is 12.0. The number of pyridine rings is 1. The molecule has 1 fully saturated rings. The molecule has 4 heterocycles. The Balaban J connectivity index is 1.22. The topological polar surface area (TPSA) is 147 Å². The summed E-state index contributed by atoms with van der Waals surface area (Å²) in [5, 5.41) is 7.25. The minimum absolute atomic E-state index is 0.00164. The molecule has 36 heavy (non-hydrogen) atoms. The Labute approximate surface area is 207 Å². The first kappa shape index (κ1) is 23.4. The normalized spacial score (nSPS) is 14.3. The van der Waals surface area contributed by atoms with Gasteiger partial charge in [0.05, 0.1) is 17.8 Å². The molecule has 3 aromatic heterocycles. The van der Waals surface area contributed by atoms with E-state index < -0.39 is 0 Å². The summed E-state index contributed by atoms with van der Waals surface area (Å²) >= 11 is 0. The summed E-state index contributed by atoms with van der Waals surface area (Å²) in [6.45, 7) is 1.50. The molecule has 1 aliphatic heterocycles. The third kappa shape index (κ3) is 5.02. The zero-order valence-electron chi connectivity index (χ0n) is 19.9. The molecular weight excluding hydrogens is 456 g/mol. The highest BCUT2D eigenvalue weighted by molar-refractivity contribution is 5.98. The predicted octanol–water partition coefficient (Wildman–Crippen LogP) is 2.85. The van der Waals surface area contributed by atoms with Gasteiger partial charge < -0.3 is 15.6 Å². The van der Waals surface area contributed by atoms with Gasteiger partial charge in [-0.3, -0.25) is 14.8 Å². The maximum atomic E-state index is 12.5. The number of carbonyl (C=O) groups excluding carboxylic acids is 1. The molecule has 0 radical (unpaired) electrons. The van der Waals surface area contributed by atoms with E-state index in [1.807, 2.05) is 48.8 Å². The third-order valence-electron chi connectivity index (χ3n) is 6.57. The van der Waals surface area contributed by atoms with Crippen molar-refractivity contribution in [2.45, 2.75) is 38.1 Å². The molecule has 1 aliphatic rings. The molecule has 184 valence electrons. The number of fused-ring (bicyclic) bond motifs is 1. The monoisotopic (exact) mass is 484 g/mol. The Morgan fingerprint density at radius 1 is 1.08 bits per heavy atom. The van der Waals surface area contributed by atoms with Gasteiger partial charge in [0.15, 0.2) is 5.65 Å². The summed E-state index contributed by atoms with van der Waals surface area (Å²) in [5.41, 5.74) is 9.59. The summed E-state index contributed by atoms with van der Waals surface area (Å²) in [4.78, 5) is 43.0. The lowest BCUT2D eigenvalue weighted by molar-refractivity contribution is -0.117. The number of aryl methyl sites for hydroxylation is 1. The summed E-state index contributed by atoms with van der Waals surface area (Å²) in [7, 11) is 0. The van der Waals surface area contributed by atoms with Crippen molar-refractivity contribution in [2.75, 3.05) is 18.0 Å². The molecule has 0 aliphatic carbocycles. The van der Waals surface area contributed by atoms with Crippen molar-refractivity contribution in [3.63, 3.8) is 0 Å². The standard InChI is InChI=1S/C26H28N8O2/c27-23(28)14-21(35)7-6-17-3-1-4-18(13-17)19-15-30-25(31-16-19)33-11-8-20(9-12-33)34-24-22(32-26(34)36)5-2-10-29-24/h1-5,10,13,15-16,20H,6-9,11-12,14H2,(H3,27,28)(H,32,36). The average Bonchev–Trinajstić information content (AvgIpc) is 3.23. The van der Waals surface area contributed by atoms with Crippen molar-refractivity contribution in [2.24, 2.45) is 5.73 Å². The number of H-pyrrole nitrogens is 1. The lowest BCUT2D eigenvalue weighted by Gasteiger charge is -2.32. The Hall–Kier alpha value is -4.34. The van der Waals surface area contributed by atoms with Gasteiger partial charge in [-0.25, -0.2) is 19.7 Å². The fourth-order valence-corrected chi connectivity index (χ4v) is 4.75. The van der Waals surface area contributed by atoms with Crippen LogP contribution in [0.15, 0.2) is 59.8 Å². The van der Waals surface area contributed by atoms with E-state index in [4.69, 9.17) is 11.1 Å². The second kappa shape index (κ2) is 10.1. The quantitative estimate of drug-likeness (QED) is 0.257. The Bertz CT molecular complexity index is 1450. The van der Waals surface area contributed by atoms with Gasteiger partial charge in [-0.15, -0.1) is 0 Å². The van der Waals surface area contributed by atoms with E-state index in [2.05, 4.69) is 24.8 Å². The highest BCUT2D eigenvalue weighted by atomic mass is 16.1. The van der Waals surface area contributed by atoms with Crippen molar-refractivity contribution in [3.05, 3.63) is 71.0 Å². The second-order valence-corrected chi connectivity index (χ2v) is 9.11. The second-order valence-electron chi connectivity index (χ2n) is 9.11. The highest BCUT2D eigenvalue weighted by Crippen LogP contribution is 2.27. The zero-order chi connectivity index (χ0) is 25.1. The van der Waals surface area contributed by atoms with Gasteiger partial charge in [0.2, 0.25) is 5.95 Å². The van der Waals surface area contributed by atoms with Crippen LogP contribution in [0.4, 0.5) is 5.95 Å². The van der Waals surface area contributed by atoms with Gasteiger partial charge in [0.25, 0.3) is 0 Å². The van der Waals surface area contributed by atoms with Crippen molar-refractivity contribution in [3.8, 4) is 11.1 Å². The molecule has 0 saturated carbocycles. The largest absolute Gasteiger partial charge is 0.387 e. The van der Waals surface area contributed by atoms with E-state index in [0.717, 1.165) is 48.1 Å². The Morgan fingerprint density at radius 3 is 2.61 bits per heavy atom. The zero-order valence-corrected chi connectivity index (χ0v) is 19.9. The number of rotatable bonds is 8. The summed E-state index contributed by atoms with van der Waals surface area (Å²) in [6.07, 6.45) is 7.92. The molecule has 1 saturated heterocycles. The number of imidazole rings is 1. The molecule has 0 atom stereocenters. The molecule has 10 nitrogen and oxygen atoms in total. The minimum Gasteiger partial charge on any atom is -0.387 e. The molecule has 4 N–H and O–H groups in total. The molecular formula is C26H28N8O2. The van der Waals surface area contributed by atoms with Crippen molar-refractivity contribution in [1.29, 1.82) is 5.41 Å². The van der Waals surface area contributed by atoms with E-state index in [0.29, 0.717) is 24.4 Å². The molecule has 4 aromatic rings. The number of nitrogens with two attached hydrogens (primary N) is 1. The molecule has 0 amide bonds. The number of piperidine rings is 1. The molecule has 1 aromatic carbocycles. The first-order chi connectivity index (χ1) is 17.5. The van der Waals surface area contributed by atoms with Crippen LogP contribution in [-0.2, 0) is 11.2 Å². The van der Waals surface area contributed by atoms with Crippen LogP contribution in [0.3, 0.4) is 0 Å². The van der Waals surface area contributed by atoms with Crippen LogP contribution in [0, 0.1) is 5.41 Å². The van der Waals surface area contributed by atoms with Crippen LogP contribution in [-0.4, -0.2) is 49.2 Å². The fraction of sp³-hybridized carbons (Fsp3) is 0.308. The van der Waals surface area contributed by atoms with Crippen LogP contribution in [0.5, 0.6) is 0 Å². The number of benzene rings is 1. The smallest absolute Gasteiger partial charge is 0.327 e. The minimum atomic E-state index is -0.117. The number of nitrogens with zero attached hydrogens (tertiary/aromatic N) is 5. The number of aromatic amines is 1. The van der Waals surface area contributed by atoms with Crippen LogP contribution < -0.4 is 16.3 Å². The summed E-state index contributed by atoms with van der Waals surface area (Å²) in [5.74, 6) is 0.543. The van der Waals surface area contributed by atoms with Crippen LogP contribution in [0.25, 0.3) is 22.3 Å². The average molecular weight is 485 g/mol. The number of hydrogen-bond donors (Lipinski definition) is 3. The van der Waals surface area contributed by atoms with E-state index in [-0.39, 0.29) is 29.8 Å². The Morgan fingerprint density at radius 2 is 1.86 bits per heavy atom. The van der Waals surface area contributed by atoms with E-state index in [1.165, 1.54) is 0 Å². The molecule has 0 unspecified atom stereocenters. The molecule has 0 bridgehead atoms. The number of carbonyl (C=O) groups is 1. The summed E-state index contributed by atoms with van der Waals surface area (Å²) in [6, 6.07) is 11.8. The SMILES string of the molecule is N=C(N)CC(=O)CCc1cccc(-c2cnc(N3CCC(n4c(=O)[nH]c5cccnc54)CC3)nc2)c1. The lowest BCUT2D eigenvalue weighted by atomic mass is 10.0. The number of anilines is 1. The Kier molecular flexibility index (Phi) is 6.57. The van der Waals surface area contributed by atoms with Crippen LogP contribution >= 0.6 is 0 Å². The third-order valence-corrected chi connectivity index (χ3v) is 6.57.